The summed E-state index contributed by atoms with van der Waals surface area (Å²) in [5.74, 6) is 0.221. The Kier molecular flexibility index (Phi) is 11.6. The molecule has 0 saturated carbocycles. The number of carbonyl (C=O) groups is 2. The Morgan fingerprint density at radius 1 is 0.800 bits per heavy atom. The largest absolute Gasteiger partial charge is 0.443 e. The van der Waals surface area contributed by atoms with Crippen molar-refractivity contribution in [1.29, 1.82) is 0 Å². The molecule has 0 spiro atoms. The zero-order valence-electron chi connectivity index (χ0n) is 34.2. The highest BCUT2D eigenvalue weighted by molar-refractivity contribution is 6.99. The average Bonchev–Trinajstić information content (AvgIpc) is 3.57. The second kappa shape index (κ2) is 15.8. The summed E-state index contributed by atoms with van der Waals surface area (Å²) in [4.78, 5) is 39.2. The quantitative estimate of drug-likeness (QED) is 0.173. The fourth-order valence-electron chi connectivity index (χ4n) is 8.04. The Hall–Kier alpha value is -4.16. The zero-order chi connectivity index (χ0) is 39.8. The van der Waals surface area contributed by atoms with Gasteiger partial charge in [0.25, 0.3) is 8.32 Å². The summed E-state index contributed by atoms with van der Waals surface area (Å²) in [5.41, 5.74) is 1.33. The fraction of sp³-hybridized carbons (Fsp3) is 0.500. The maximum absolute atomic E-state index is 13.3. The molecular formula is C44H58N4O6Si. The Bertz CT molecular complexity index is 1900. The van der Waals surface area contributed by atoms with E-state index in [9.17, 15) is 9.59 Å². The lowest BCUT2D eigenvalue weighted by Gasteiger charge is -2.46. The molecule has 2 amide bonds. The van der Waals surface area contributed by atoms with Gasteiger partial charge in [-0.05, 0) is 119 Å². The van der Waals surface area contributed by atoms with Gasteiger partial charge in [-0.2, -0.15) is 0 Å². The van der Waals surface area contributed by atoms with Crippen LogP contribution in [0.2, 0.25) is 5.04 Å². The molecule has 0 unspecified atom stereocenters. The number of amides is 2. The molecule has 2 aliphatic rings. The van der Waals surface area contributed by atoms with Gasteiger partial charge in [0, 0.05) is 11.6 Å². The second-order valence-corrected chi connectivity index (χ2v) is 22.2. The number of fused-ring (bicyclic) bond motifs is 1. The van der Waals surface area contributed by atoms with Gasteiger partial charge in [0.05, 0.1) is 30.9 Å². The Morgan fingerprint density at radius 3 is 1.85 bits per heavy atom. The molecule has 2 atom stereocenters. The first-order valence-corrected chi connectivity index (χ1v) is 21.4. The monoisotopic (exact) mass is 766 g/mol. The number of hydrogen-bond donors (Lipinski definition) is 0. The third-order valence-corrected chi connectivity index (χ3v) is 15.6. The molecule has 294 valence electrons. The number of hydrogen-bond acceptors (Lipinski definition) is 9. The SMILES string of the molecule is Cc1cc2cnc(N(C(=O)OC(C)(C)C)C(=O)OC(C)(C)C)nc2cc1C1CCN([C@H]2COC[C@H]2O[Si](c2ccccc2)(c2ccccc2)C(C)(C)C)CC1. The minimum atomic E-state index is -2.75. The third kappa shape index (κ3) is 8.96. The average molecular weight is 767 g/mol. The van der Waals surface area contributed by atoms with Gasteiger partial charge in [0.2, 0.25) is 5.95 Å². The first kappa shape index (κ1) is 40.5. The lowest BCUT2D eigenvalue weighted by molar-refractivity contribution is 0.0427. The fourth-order valence-corrected chi connectivity index (χ4v) is 12.7. The van der Waals surface area contributed by atoms with E-state index in [4.69, 9.17) is 23.6 Å². The van der Waals surface area contributed by atoms with Crippen molar-refractivity contribution < 1.29 is 28.2 Å². The molecule has 11 heteroatoms. The van der Waals surface area contributed by atoms with E-state index in [0.29, 0.717) is 24.6 Å². The number of nitrogens with zero attached hydrogens (tertiary/aromatic N) is 4. The standard InChI is InChI=1S/C44H58N4O6Si/c1-30-25-32-27-45-39(48(40(49)52-42(2,3)4)41(50)53-43(5,6)7)46-36(32)26-35(30)31-21-23-47(24-22-31)37-28-51-29-38(37)54-55(44(8,9)10,33-17-13-11-14-18-33)34-19-15-12-16-20-34/h11-20,25-27,31,37-38H,21-24,28-29H2,1-10H3/t37-,38+/m0/s1. The minimum Gasteiger partial charge on any atom is -0.443 e. The van der Waals surface area contributed by atoms with E-state index in [0.717, 1.165) is 41.8 Å². The topological polar surface area (TPSA) is 103 Å². The van der Waals surface area contributed by atoms with Gasteiger partial charge in [0.1, 0.15) is 11.2 Å². The van der Waals surface area contributed by atoms with Crippen molar-refractivity contribution in [3.05, 3.63) is 90.1 Å². The van der Waals surface area contributed by atoms with Crippen LogP contribution in [0.1, 0.15) is 92.2 Å². The number of aryl methyl sites for hydroxylation is 1. The van der Waals surface area contributed by atoms with Crippen LogP contribution in [0.3, 0.4) is 0 Å². The highest BCUT2D eigenvalue weighted by atomic mass is 28.4. The predicted octanol–water partition coefficient (Wildman–Crippen LogP) is 8.14. The van der Waals surface area contributed by atoms with Crippen molar-refractivity contribution in [2.45, 2.75) is 116 Å². The predicted molar refractivity (Wildman–Crippen MR) is 220 cm³/mol. The van der Waals surface area contributed by atoms with E-state index in [1.807, 2.05) is 0 Å². The number of likely N-dealkylation sites (tertiary alicyclic amines) is 1. The molecule has 3 heterocycles. The summed E-state index contributed by atoms with van der Waals surface area (Å²) in [7, 11) is -2.75. The molecule has 2 aliphatic heterocycles. The highest BCUT2D eigenvalue weighted by Gasteiger charge is 2.53. The first-order valence-electron chi connectivity index (χ1n) is 19.5. The molecule has 2 fully saturated rings. The summed E-state index contributed by atoms with van der Waals surface area (Å²) in [6.45, 7) is 22.6. The van der Waals surface area contributed by atoms with Crippen LogP contribution >= 0.6 is 0 Å². The van der Waals surface area contributed by atoms with Crippen molar-refractivity contribution in [2.75, 3.05) is 31.2 Å². The number of carbonyl (C=O) groups excluding carboxylic acids is 2. The summed E-state index contributed by atoms with van der Waals surface area (Å²) in [5, 5.41) is 3.25. The number of ether oxygens (including phenoxy) is 3. The van der Waals surface area contributed by atoms with Crippen molar-refractivity contribution in [3.8, 4) is 0 Å². The van der Waals surface area contributed by atoms with Crippen molar-refractivity contribution >= 4 is 47.7 Å². The van der Waals surface area contributed by atoms with Gasteiger partial charge < -0.3 is 18.6 Å². The lowest BCUT2D eigenvalue weighted by Crippen LogP contribution is -2.69. The van der Waals surface area contributed by atoms with Crippen LogP contribution in [0, 0.1) is 6.92 Å². The number of anilines is 1. The molecular weight excluding hydrogens is 709 g/mol. The number of benzene rings is 3. The van der Waals surface area contributed by atoms with Crippen molar-refractivity contribution in [2.24, 2.45) is 0 Å². The van der Waals surface area contributed by atoms with Gasteiger partial charge in [-0.25, -0.2) is 19.6 Å². The van der Waals surface area contributed by atoms with Gasteiger partial charge in [-0.1, -0.05) is 81.4 Å². The molecule has 0 radical (unpaired) electrons. The number of imide groups is 1. The maximum atomic E-state index is 13.3. The van der Waals surface area contributed by atoms with Crippen LogP contribution < -0.4 is 15.3 Å². The second-order valence-electron chi connectivity index (χ2n) is 18.0. The molecule has 10 nitrogen and oxygen atoms in total. The van der Waals surface area contributed by atoms with Gasteiger partial charge >= 0.3 is 12.2 Å². The van der Waals surface area contributed by atoms with Crippen molar-refractivity contribution in [1.82, 2.24) is 14.9 Å². The molecule has 4 aromatic rings. The highest BCUT2D eigenvalue weighted by Crippen LogP contribution is 2.40. The van der Waals surface area contributed by atoms with Crippen LogP contribution in [-0.2, 0) is 18.6 Å². The van der Waals surface area contributed by atoms with Crippen LogP contribution in [0.15, 0.2) is 79.0 Å². The van der Waals surface area contributed by atoms with Gasteiger partial charge in [-0.3, -0.25) is 4.90 Å². The molecule has 0 N–H and O–H groups in total. The van der Waals surface area contributed by atoms with E-state index >= 15 is 0 Å². The smallest absolute Gasteiger partial charge is 0.427 e. The van der Waals surface area contributed by atoms with Crippen LogP contribution in [0.25, 0.3) is 10.9 Å². The number of aromatic nitrogens is 2. The van der Waals surface area contributed by atoms with Gasteiger partial charge in [-0.15, -0.1) is 4.90 Å². The van der Waals surface area contributed by atoms with Crippen LogP contribution in [-0.4, -0.2) is 85.0 Å². The Balaban J connectivity index is 1.23. The van der Waals surface area contributed by atoms with Gasteiger partial charge in [0.15, 0.2) is 0 Å². The van der Waals surface area contributed by atoms with E-state index < -0.39 is 31.7 Å². The molecule has 55 heavy (non-hydrogen) atoms. The minimum absolute atomic E-state index is 0.0572. The summed E-state index contributed by atoms with van der Waals surface area (Å²) in [6.07, 6.45) is 1.73. The number of piperidine rings is 1. The van der Waals surface area contributed by atoms with E-state index in [1.165, 1.54) is 15.9 Å². The molecule has 0 bridgehead atoms. The van der Waals surface area contributed by atoms with Crippen LogP contribution in [0.5, 0.6) is 0 Å². The normalized spacial score (nSPS) is 19.0. The summed E-state index contributed by atoms with van der Waals surface area (Å²) < 4.78 is 25.0. The summed E-state index contributed by atoms with van der Waals surface area (Å²) >= 11 is 0. The molecule has 2 saturated heterocycles. The Morgan fingerprint density at radius 2 is 1.35 bits per heavy atom. The number of rotatable bonds is 7. The Labute approximate surface area is 327 Å². The molecule has 1 aromatic heterocycles. The van der Waals surface area contributed by atoms with Crippen molar-refractivity contribution in [3.63, 3.8) is 0 Å². The molecule has 3 aromatic carbocycles. The third-order valence-electron chi connectivity index (χ3n) is 10.5. The van der Waals surface area contributed by atoms with E-state index in [2.05, 4.69) is 110 Å². The zero-order valence-corrected chi connectivity index (χ0v) is 35.2. The first-order chi connectivity index (χ1) is 25.9. The van der Waals surface area contributed by atoms with E-state index in [1.54, 1.807) is 47.7 Å². The molecule has 6 rings (SSSR count). The lowest BCUT2D eigenvalue weighted by atomic mass is 9.85. The van der Waals surface area contributed by atoms with Crippen LogP contribution in [0.4, 0.5) is 15.5 Å². The molecule has 0 aliphatic carbocycles. The summed E-state index contributed by atoms with van der Waals surface area (Å²) in [6, 6.07) is 26.0. The van der Waals surface area contributed by atoms with E-state index in [-0.39, 0.29) is 23.1 Å². The maximum Gasteiger partial charge on any atom is 0.427 e.